The molecule has 0 saturated carbocycles. The second-order valence-electron chi connectivity index (χ2n) is 5.39. The Morgan fingerprint density at radius 2 is 2.04 bits per heavy atom. The third-order valence-electron chi connectivity index (χ3n) is 3.48. The zero-order valence-corrected chi connectivity index (χ0v) is 18.0. The maximum absolute atomic E-state index is 9.63. The summed E-state index contributed by atoms with van der Waals surface area (Å²) in [5.74, 6) is 1.48. The summed E-state index contributed by atoms with van der Waals surface area (Å²) in [5, 5.41) is 16.2. The van der Waals surface area contributed by atoms with Crippen LogP contribution >= 0.6 is 35.3 Å². The first-order valence-corrected chi connectivity index (χ1v) is 8.87. The summed E-state index contributed by atoms with van der Waals surface area (Å²) < 4.78 is 5.14. The average molecular weight is 475 g/mol. The van der Waals surface area contributed by atoms with Gasteiger partial charge >= 0.3 is 0 Å². The first-order chi connectivity index (χ1) is 11.6. The summed E-state index contributed by atoms with van der Waals surface area (Å²) in [7, 11) is 1.55. The molecule has 0 spiro atoms. The summed E-state index contributed by atoms with van der Waals surface area (Å²) >= 11 is 1.77. The molecule has 0 aliphatic carbocycles. The van der Waals surface area contributed by atoms with E-state index in [2.05, 4.69) is 41.6 Å². The molecule has 0 fully saturated rings. The van der Waals surface area contributed by atoms with Gasteiger partial charge in [0.1, 0.15) is 0 Å². The van der Waals surface area contributed by atoms with E-state index in [9.17, 15) is 5.11 Å². The smallest absolute Gasteiger partial charge is 0.191 e. The maximum atomic E-state index is 9.63. The van der Waals surface area contributed by atoms with Gasteiger partial charge in [0.2, 0.25) is 0 Å². The lowest BCUT2D eigenvalue weighted by Crippen LogP contribution is -2.38. The van der Waals surface area contributed by atoms with E-state index in [1.54, 1.807) is 24.5 Å². The van der Waals surface area contributed by atoms with E-state index < -0.39 is 0 Å². The van der Waals surface area contributed by atoms with Crippen molar-refractivity contribution in [3.05, 3.63) is 45.6 Å². The summed E-state index contributed by atoms with van der Waals surface area (Å²) in [4.78, 5) is 7.18. The lowest BCUT2D eigenvalue weighted by molar-refractivity contribution is 0.373. The Labute approximate surface area is 170 Å². The van der Waals surface area contributed by atoms with Crippen molar-refractivity contribution in [2.75, 3.05) is 20.2 Å². The molecule has 138 valence electrons. The van der Waals surface area contributed by atoms with Gasteiger partial charge in [-0.2, -0.15) is 0 Å². The Balaban J connectivity index is 0.00000312. The molecule has 7 heteroatoms. The van der Waals surface area contributed by atoms with Gasteiger partial charge in [-0.05, 0) is 50.1 Å². The molecule has 1 heterocycles. The predicted molar refractivity (Wildman–Crippen MR) is 116 cm³/mol. The quantitative estimate of drug-likeness (QED) is 0.325. The van der Waals surface area contributed by atoms with Crippen LogP contribution in [0.1, 0.15) is 22.2 Å². The maximum Gasteiger partial charge on any atom is 0.191 e. The van der Waals surface area contributed by atoms with Crippen LogP contribution in [0.4, 0.5) is 0 Å². The minimum absolute atomic E-state index is 0. The zero-order valence-electron chi connectivity index (χ0n) is 14.8. The highest BCUT2D eigenvalue weighted by Crippen LogP contribution is 2.26. The molecule has 0 atom stereocenters. The Kier molecular flexibility index (Phi) is 9.66. The van der Waals surface area contributed by atoms with Gasteiger partial charge in [-0.25, -0.2) is 4.99 Å². The van der Waals surface area contributed by atoms with E-state index in [4.69, 9.17) is 4.74 Å². The second kappa shape index (κ2) is 11.2. The molecule has 0 radical (unpaired) electrons. The fraction of sp³-hybridized carbons (Fsp3) is 0.389. The van der Waals surface area contributed by atoms with Crippen molar-refractivity contribution in [1.29, 1.82) is 0 Å². The van der Waals surface area contributed by atoms with Crippen LogP contribution in [0.15, 0.2) is 35.3 Å². The Bertz CT molecular complexity index is 689. The van der Waals surface area contributed by atoms with E-state index in [-0.39, 0.29) is 29.7 Å². The summed E-state index contributed by atoms with van der Waals surface area (Å²) in [6.45, 7) is 6.41. The molecule has 0 aliphatic rings. The van der Waals surface area contributed by atoms with Gasteiger partial charge in [-0.3, -0.25) is 0 Å². The first-order valence-electron chi connectivity index (χ1n) is 8.05. The van der Waals surface area contributed by atoms with Crippen LogP contribution in [-0.2, 0) is 13.0 Å². The van der Waals surface area contributed by atoms with Gasteiger partial charge in [0.25, 0.3) is 0 Å². The number of phenols is 1. The number of phenolic OH excluding ortho intramolecular Hbond substituents is 1. The summed E-state index contributed by atoms with van der Waals surface area (Å²) in [6.07, 6.45) is 0.819. The third-order valence-corrected chi connectivity index (χ3v) is 4.47. The normalized spacial score (nSPS) is 10.9. The van der Waals surface area contributed by atoms with E-state index >= 15 is 0 Å². The number of halogens is 1. The highest BCUT2D eigenvalue weighted by Gasteiger charge is 2.04. The number of aromatic hydroxyl groups is 1. The number of nitrogens with zero attached hydrogens (tertiary/aromatic N) is 1. The highest BCUT2D eigenvalue weighted by molar-refractivity contribution is 14.0. The molecule has 1 aromatic carbocycles. The molecule has 25 heavy (non-hydrogen) atoms. The molecule has 3 N–H and O–H groups in total. The largest absolute Gasteiger partial charge is 0.504 e. The van der Waals surface area contributed by atoms with Gasteiger partial charge in [0, 0.05) is 22.8 Å². The van der Waals surface area contributed by atoms with Crippen LogP contribution < -0.4 is 15.4 Å². The molecule has 5 nitrogen and oxygen atoms in total. The van der Waals surface area contributed by atoms with Crippen LogP contribution in [0.3, 0.4) is 0 Å². The number of aryl methyl sites for hydroxylation is 1. The Morgan fingerprint density at radius 3 is 2.68 bits per heavy atom. The van der Waals surface area contributed by atoms with E-state index in [0.717, 1.165) is 31.0 Å². The lowest BCUT2D eigenvalue weighted by Gasteiger charge is -2.12. The second-order valence-corrected chi connectivity index (χ2v) is 6.76. The predicted octanol–water partition coefficient (Wildman–Crippen LogP) is 3.69. The van der Waals surface area contributed by atoms with Crippen molar-refractivity contribution in [1.82, 2.24) is 10.6 Å². The molecular formula is C18H26IN3O2S. The van der Waals surface area contributed by atoms with Gasteiger partial charge in [-0.15, -0.1) is 35.3 Å². The van der Waals surface area contributed by atoms with E-state index in [0.29, 0.717) is 12.3 Å². The molecular weight excluding hydrogens is 449 g/mol. The van der Waals surface area contributed by atoms with Gasteiger partial charge < -0.3 is 20.5 Å². The standard InChI is InChI=1S/C18H25N3O2S.HI/c1-4-19-18(21-12-15-7-5-13(2)24-15)20-10-9-14-6-8-16(22)17(11-14)23-3;/h5-8,11,22H,4,9-10,12H2,1-3H3,(H2,19,20,21);1H. The average Bonchev–Trinajstić information content (AvgIpc) is 2.99. The first kappa shape index (κ1) is 21.6. The molecule has 0 saturated heterocycles. The number of rotatable bonds is 7. The summed E-state index contributed by atoms with van der Waals surface area (Å²) in [5.41, 5.74) is 1.10. The molecule has 1 aromatic heterocycles. The number of aliphatic imine (C=N–C) groups is 1. The fourth-order valence-corrected chi connectivity index (χ4v) is 3.09. The molecule has 0 bridgehead atoms. The monoisotopic (exact) mass is 475 g/mol. The van der Waals surface area contributed by atoms with Crippen molar-refractivity contribution in [2.24, 2.45) is 4.99 Å². The lowest BCUT2D eigenvalue weighted by atomic mass is 10.1. The van der Waals surface area contributed by atoms with Crippen molar-refractivity contribution < 1.29 is 9.84 Å². The topological polar surface area (TPSA) is 65.9 Å². The zero-order chi connectivity index (χ0) is 17.4. The van der Waals surface area contributed by atoms with Crippen molar-refractivity contribution >= 4 is 41.3 Å². The number of guanidine groups is 1. The Morgan fingerprint density at radius 1 is 1.24 bits per heavy atom. The molecule has 0 aliphatic heterocycles. The van der Waals surface area contributed by atoms with Gasteiger partial charge in [0.15, 0.2) is 17.5 Å². The summed E-state index contributed by atoms with van der Waals surface area (Å²) in [6, 6.07) is 9.66. The third kappa shape index (κ3) is 7.11. The van der Waals surface area contributed by atoms with Crippen molar-refractivity contribution in [3.8, 4) is 11.5 Å². The minimum Gasteiger partial charge on any atom is -0.504 e. The fourth-order valence-electron chi connectivity index (χ4n) is 2.27. The molecule has 0 unspecified atom stereocenters. The van der Waals surface area contributed by atoms with E-state index in [1.807, 2.05) is 12.1 Å². The van der Waals surface area contributed by atoms with Crippen LogP contribution in [0.25, 0.3) is 0 Å². The highest BCUT2D eigenvalue weighted by atomic mass is 127. The number of ether oxygens (including phenoxy) is 1. The van der Waals surface area contributed by atoms with Gasteiger partial charge in [-0.1, -0.05) is 6.07 Å². The SMILES string of the molecule is CCNC(=NCc1ccc(C)s1)NCCc1ccc(O)c(OC)c1.I. The van der Waals surface area contributed by atoms with Crippen LogP contribution in [0.5, 0.6) is 11.5 Å². The van der Waals surface area contributed by atoms with Crippen molar-refractivity contribution in [2.45, 2.75) is 26.8 Å². The van der Waals surface area contributed by atoms with Crippen molar-refractivity contribution in [3.63, 3.8) is 0 Å². The van der Waals surface area contributed by atoms with Crippen LogP contribution in [-0.4, -0.2) is 31.3 Å². The molecule has 2 aromatic rings. The Hall–Kier alpha value is -1.48. The number of hydrogen-bond donors (Lipinski definition) is 3. The van der Waals surface area contributed by atoms with Gasteiger partial charge in [0.05, 0.1) is 13.7 Å². The number of thiophene rings is 1. The number of hydrogen-bond acceptors (Lipinski definition) is 4. The number of methoxy groups -OCH3 is 1. The van der Waals surface area contributed by atoms with E-state index in [1.165, 1.54) is 9.75 Å². The minimum atomic E-state index is 0. The van der Waals surface area contributed by atoms with Crippen LogP contribution in [0, 0.1) is 6.92 Å². The number of benzene rings is 1. The van der Waals surface area contributed by atoms with Crippen LogP contribution in [0.2, 0.25) is 0 Å². The molecule has 0 amide bonds. The molecule has 2 rings (SSSR count). The number of nitrogens with one attached hydrogen (secondary N) is 2.